The van der Waals surface area contributed by atoms with Crippen LogP contribution in [0.1, 0.15) is 24.2 Å². The zero-order valence-corrected chi connectivity index (χ0v) is 14.1. The molecule has 3 heteroatoms. The predicted octanol–water partition coefficient (Wildman–Crippen LogP) is 4.36. The first-order valence-electron chi connectivity index (χ1n) is 7.30. The summed E-state index contributed by atoms with van der Waals surface area (Å²) in [7, 11) is 1.78. The fourth-order valence-electron chi connectivity index (χ4n) is 2.62. The van der Waals surface area contributed by atoms with E-state index in [9.17, 15) is 0 Å². The van der Waals surface area contributed by atoms with Gasteiger partial charge in [0.2, 0.25) is 0 Å². The number of ether oxygens (including phenoxy) is 1. The monoisotopic (exact) mass is 347 g/mol. The predicted molar refractivity (Wildman–Crippen MR) is 91.5 cm³/mol. The van der Waals surface area contributed by atoms with E-state index in [2.05, 4.69) is 70.6 Å². The van der Waals surface area contributed by atoms with Crippen LogP contribution in [0.4, 0.5) is 0 Å². The van der Waals surface area contributed by atoms with Crippen molar-refractivity contribution in [3.8, 4) is 0 Å². The summed E-state index contributed by atoms with van der Waals surface area (Å²) in [5.74, 6) is 0. The first-order chi connectivity index (χ1) is 10.3. The van der Waals surface area contributed by atoms with Crippen molar-refractivity contribution in [1.29, 1.82) is 0 Å². The van der Waals surface area contributed by atoms with Gasteiger partial charge in [-0.05, 0) is 30.2 Å². The Balaban J connectivity index is 2.23. The fourth-order valence-corrected chi connectivity index (χ4v) is 3.07. The Morgan fingerprint density at radius 1 is 1.05 bits per heavy atom. The van der Waals surface area contributed by atoms with Crippen LogP contribution in [0.3, 0.4) is 0 Å². The molecule has 2 unspecified atom stereocenters. The Morgan fingerprint density at radius 2 is 1.71 bits per heavy atom. The molecule has 0 heterocycles. The normalized spacial score (nSPS) is 13.9. The van der Waals surface area contributed by atoms with Crippen molar-refractivity contribution < 1.29 is 4.74 Å². The molecule has 0 spiro atoms. The van der Waals surface area contributed by atoms with E-state index in [0.717, 1.165) is 17.4 Å². The number of likely N-dealkylation sites (N-methyl/N-ethyl adjacent to an activating group) is 1. The van der Waals surface area contributed by atoms with Gasteiger partial charge < -0.3 is 10.1 Å². The van der Waals surface area contributed by atoms with Crippen molar-refractivity contribution in [2.45, 2.75) is 25.5 Å². The average molecular weight is 348 g/mol. The third-order valence-electron chi connectivity index (χ3n) is 3.61. The molecular formula is C18H22BrNO. The van der Waals surface area contributed by atoms with Crippen molar-refractivity contribution in [3.63, 3.8) is 0 Å². The van der Waals surface area contributed by atoms with Crippen LogP contribution in [0.5, 0.6) is 0 Å². The van der Waals surface area contributed by atoms with Crippen LogP contribution in [0, 0.1) is 0 Å². The summed E-state index contributed by atoms with van der Waals surface area (Å²) in [6.07, 6.45) is 0.959. The van der Waals surface area contributed by atoms with Crippen LogP contribution in [-0.4, -0.2) is 19.7 Å². The standard InChI is InChI=1S/C18H22BrNO/c1-3-20-17(13-15-11-7-8-12-16(15)19)18(21-2)14-9-5-4-6-10-14/h4-12,17-18,20H,3,13H2,1-2H3. The molecule has 1 N–H and O–H groups in total. The van der Waals surface area contributed by atoms with Gasteiger partial charge in [-0.15, -0.1) is 0 Å². The molecule has 0 radical (unpaired) electrons. The summed E-state index contributed by atoms with van der Waals surface area (Å²) in [6, 6.07) is 19.0. The smallest absolute Gasteiger partial charge is 0.0977 e. The summed E-state index contributed by atoms with van der Waals surface area (Å²) >= 11 is 3.63. The largest absolute Gasteiger partial charge is 0.375 e. The first kappa shape index (κ1) is 16.2. The first-order valence-corrected chi connectivity index (χ1v) is 8.10. The van der Waals surface area contributed by atoms with Gasteiger partial charge in [0.05, 0.1) is 6.10 Å². The minimum absolute atomic E-state index is 0.0401. The lowest BCUT2D eigenvalue weighted by Gasteiger charge is -2.27. The maximum absolute atomic E-state index is 5.79. The molecule has 0 aromatic heterocycles. The number of methoxy groups -OCH3 is 1. The van der Waals surface area contributed by atoms with Gasteiger partial charge in [-0.1, -0.05) is 71.4 Å². The lowest BCUT2D eigenvalue weighted by Crippen LogP contribution is -2.37. The Labute approximate surface area is 135 Å². The van der Waals surface area contributed by atoms with E-state index in [1.165, 1.54) is 11.1 Å². The molecule has 0 bridgehead atoms. The zero-order valence-electron chi connectivity index (χ0n) is 12.6. The average Bonchev–Trinajstić information content (AvgIpc) is 2.51. The van der Waals surface area contributed by atoms with Crippen LogP contribution in [0.2, 0.25) is 0 Å². The maximum atomic E-state index is 5.79. The van der Waals surface area contributed by atoms with Gasteiger partial charge in [-0.25, -0.2) is 0 Å². The van der Waals surface area contributed by atoms with Gasteiger partial charge in [0.1, 0.15) is 0 Å². The van der Waals surface area contributed by atoms with Gasteiger partial charge in [0, 0.05) is 17.6 Å². The molecule has 2 aromatic rings. The molecule has 0 amide bonds. The lowest BCUT2D eigenvalue weighted by atomic mass is 9.96. The molecule has 112 valence electrons. The van der Waals surface area contributed by atoms with Crippen LogP contribution < -0.4 is 5.32 Å². The quantitative estimate of drug-likeness (QED) is 0.803. The summed E-state index contributed by atoms with van der Waals surface area (Å²) in [6.45, 7) is 3.05. The number of benzene rings is 2. The molecule has 0 saturated heterocycles. The Morgan fingerprint density at radius 3 is 2.33 bits per heavy atom. The molecule has 0 saturated carbocycles. The fraction of sp³-hybridized carbons (Fsp3) is 0.333. The third-order valence-corrected chi connectivity index (χ3v) is 4.39. The molecule has 0 aliphatic carbocycles. The highest BCUT2D eigenvalue weighted by Crippen LogP contribution is 2.25. The van der Waals surface area contributed by atoms with E-state index in [1.807, 2.05) is 12.1 Å². The molecule has 21 heavy (non-hydrogen) atoms. The van der Waals surface area contributed by atoms with Crippen molar-refractivity contribution in [1.82, 2.24) is 5.32 Å². The van der Waals surface area contributed by atoms with Crippen molar-refractivity contribution in [3.05, 3.63) is 70.2 Å². The van der Waals surface area contributed by atoms with E-state index in [1.54, 1.807) is 7.11 Å². The molecule has 2 aromatic carbocycles. The van der Waals surface area contributed by atoms with Crippen LogP contribution in [0.15, 0.2) is 59.1 Å². The Hall–Kier alpha value is -1.16. The molecule has 2 rings (SSSR count). The van der Waals surface area contributed by atoms with Crippen molar-refractivity contribution >= 4 is 15.9 Å². The number of halogens is 1. The van der Waals surface area contributed by atoms with E-state index < -0.39 is 0 Å². The van der Waals surface area contributed by atoms with Gasteiger partial charge in [0.25, 0.3) is 0 Å². The maximum Gasteiger partial charge on any atom is 0.0977 e. The van der Waals surface area contributed by atoms with Gasteiger partial charge in [-0.3, -0.25) is 0 Å². The second kappa shape index (κ2) is 8.32. The topological polar surface area (TPSA) is 21.3 Å². The number of rotatable bonds is 7. The Kier molecular flexibility index (Phi) is 6.43. The molecule has 0 fully saturated rings. The second-order valence-electron chi connectivity index (χ2n) is 5.03. The van der Waals surface area contributed by atoms with E-state index >= 15 is 0 Å². The lowest BCUT2D eigenvalue weighted by molar-refractivity contribution is 0.0683. The summed E-state index contributed by atoms with van der Waals surface area (Å²) in [5, 5.41) is 3.56. The summed E-state index contributed by atoms with van der Waals surface area (Å²) in [4.78, 5) is 0. The molecule has 2 nitrogen and oxygen atoms in total. The highest BCUT2D eigenvalue weighted by atomic mass is 79.9. The zero-order chi connectivity index (χ0) is 15.1. The molecule has 0 aliphatic rings. The van der Waals surface area contributed by atoms with Crippen LogP contribution in [0.25, 0.3) is 0 Å². The number of hydrogen-bond donors (Lipinski definition) is 1. The minimum atomic E-state index is 0.0401. The Bertz CT molecular complexity index is 544. The van der Waals surface area contributed by atoms with Gasteiger partial charge in [0.15, 0.2) is 0 Å². The second-order valence-corrected chi connectivity index (χ2v) is 5.88. The van der Waals surface area contributed by atoms with Crippen molar-refractivity contribution in [2.24, 2.45) is 0 Å². The summed E-state index contributed by atoms with van der Waals surface area (Å²) < 4.78 is 6.93. The number of hydrogen-bond acceptors (Lipinski definition) is 2. The SMILES string of the molecule is CCNC(Cc1ccccc1Br)C(OC)c1ccccc1. The highest BCUT2D eigenvalue weighted by molar-refractivity contribution is 9.10. The van der Waals surface area contributed by atoms with E-state index in [4.69, 9.17) is 4.74 Å². The van der Waals surface area contributed by atoms with Crippen molar-refractivity contribution in [2.75, 3.05) is 13.7 Å². The van der Waals surface area contributed by atoms with E-state index in [0.29, 0.717) is 0 Å². The third kappa shape index (κ3) is 4.40. The molecule has 2 atom stereocenters. The van der Waals surface area contributed by atoms with Gasteiger partial charge >= 0.3 is 0 Å². The van der Waals surface area contributed by atoms with Crippen LogP contribution >= 0.6 is 15.9 Å². The van der Waals surface area contributed by atoms with Crippen LogP contribution in [-0.2, 0) is 11.2 Å². The van der Waals surface area contributed by atoms with Gasteiger partial charge in [-0.2, -0.15) is 0 Å². The van der Waals surface area contributed by atoms with E-state index in [-0.39, 0.29) is 12.1 Å². The molecular weight excluding hydrogens is 326 g/mol. The molecule has 0 aliphatic heterocycles. The highest BCUT2D eigenvalue weighted by Gasteiger charge is 2.23. The summed E-state index contributed by atoms with van der Waals surface area (Å²) in [5.41, 5.74) is 2.50. The minimum Gasteiger partial charge on any atom is -0.375 e. The number of nitrogens with one attached hydrogen (secondary N) is 1.